The molecule has 1 saturated heterocycles. The molecular weight excluding hydrogens is 296 g/mol. The van der Waals surface area contributed by atoms with Gasteiger partial charge < -0.3 is 14.7 Å². The second kappa shape index (κ2) is 6.25. The Hall–Kier alpha value is -1.40. The first-order chi connectivity index (χ1) is 10.5. The number of benzene rings is 1. The molecule has 1 aromatic rings. The summed E-state index contributed by atoms with van der Waals surface area (Å²) in [6.07, 6.45) is 1.22. The van der Waals surface area contributed by atoms with Gasteiger partial charge in [-0.3, -0.25) is 4.79 Å². The minimum absolute atomic E-state index is 0.0215. The molecule has 1 atom stereocenters. The molecule has 0 unspecified atom stereocenters. The molecule has 1 fully saturated rings. The minimum atomic E-state index is -1.01. The Morgan fingerprint density at radius 2 is 2.00 bits per heavy atom. The Morgan fingerprint density at radius 3 is 2.48 bits per heavy atom. The fourth-order valence-electron chi connectivity index (χ4n) is 2.48. The van der Waals surface area contributed by atoms with E-state index in [4.69, 9.17) is 4.65 Å². The molecule has 2 rings (SSSR count). The number of anilines is 1. The number of hydrogen-bond donors (Lipinski definition) is 1. The Bertz CT molecular complexity index is 598. The van der Waals surface area contributed by atoms with E-state index >= 15 is 0 Å². The number of nitrogens with zero attached hydrogens (tertiary/aromatic N) is 1. The maximum Gasteiger partial charge on any atom is 0.309 e. The second-order valence-corrected chi connectivity index (χ2v) is 7.30. The quantitative estimate of drug-likeness (QED) is 0.843. The normalized spacial score (nSPS) is 19.3. The SMILES string of the molecule is C[C@@H]1CCC(=O)N1c1ccc(BOC(C)(C)C(C)(C)O)cc1F. The van der Waals surface area contributed by atoms with Crippen LogP contribution in [0.1, 0.15) is 47.5 Å². The summed E-state index contributed by atoms with van der Waals surface area (Å²) in [5.74, 6) is -0.460. The van der Waals surface area contributed by atoms with Gasteiger partial charge >= 0.3 is 7.48 Å². The lowest BCUT2D eigenvalue weighted by Gasteiger charge is -2.37. The molecule has 6 heteroatoms. The lowest BCUT2D eigenvalue weighted by atomic mass is 9.82. The van der Waals surface area contributed by atoms with Crippen LogP contribution in [0.5, 0.6) is 0 Å². The summed E-state index contributed by atoms with van der Waals surface area (Å²) in [4.78, 5) is 13.4. The van der Waals surface area contributed by atoms with Crippen LogP contribution in [0, 0.1) is 5.82 Å². The lowest BCUT2D eigenvalue weighted by Crippen LogP contribution is -2.49. The average molecular weight is 321 g/mol. The summed E-state index contributed by atoms with van der Waals surface area (Å²) < 4.78 is 20.1. The molecule has 1 N–H and O–H groups in total. The summed E-state index contributed by atoms with van der Waals surface area (Å²) in [6.45, 7) is 8.87. The highest BCUT2D eigenvalue weighted by Crippen LogP contribution is 2.28. The van der Waals surface area contributed by atoms with Crippen LogP contribution in [0.2, 0.25) is 0 Å². The number of halogens is 1. The van der Waals surface area contributed by atoms with E-state index in [0.29, 0.717) is 17.6 Å². The minimum Gasteiger partial charge on any atom is -0.427 e. The van der Waals surface area contributed by atoms with Gasteiger partial charge in [0.25, 0.3) is 0 Å². The molecule has 1 heterocycles. The molecule has 0 spiro atoms. The molecule has 0 saturated carbocycles. The zero-order chi connectivity index (χ0) is 17.4. The highest BCUT2D eigenvalue weighted by molar-refractivity contribution is 6.47. The van der Waals surface area contributed by atoms with Crippen molar-refractivity contribution >= 4 is 24.5 Å². The standard InChI is InChI=1S/C17H25BFNO3/c1-11-6-9-15(21)20(11)14-8-7-12(10-13(14)19)18-23-17(4,5)16(2,3)22/h7-8,10-11,18,22H,6,9H2,1-5H3/t11-/m1/s1. The van der Waals surface area contributed by atoms with Crippen molar-refractivity contribution < 1.29 is 18.9 Å². The van der Waals surface area contributed by atoms with Crippen LogP contribution in [-0.4, -0.2) is 35.7 Å². The van der Waals surface area contributed by atoms with Crippen molar-refractivity contribution in [2.24, 2.45) is 0 Å². The number of rotatable bonds is 5. The van der Waals surface area contributed by atoms with Crippen molar-refractivity contribution in [3.05, 3.63) is 24.0 Å². The molecule has 0 aromatic heterocycles. The van der Waals surface area contributed by atoms with Crippen molar-refractivity contribution in [1.82, 2.24) is 0 Å². The molecule has 1 aliphatic rings. The third-order valence-electron chi connectivity index (χ3n) is 4.83. The van der Waals surface area contributed by atoms with E-state index in [9.17, 15) is 14.3 Å². The Labute approximate surface area is 137 Å². The molecule has 1 aromatic carbocycles. The zero-order valence-corrected chi connectivity index (χ0v) is 14.5. The molecule has 0 aliphatic carbocycles. The van der Waals surface area contributed by atoms with Gasteiger partial charge in [0.15, 0.2) is 0 Å². The summed E-state index contributed by atoms with van der Waals surface area (Å²) in [7, 11) is 0.192. The fourth-order valence-corrected chi connectivity index (χ4v) is 2.48. The van der Waals surface area contributed by atoms with Crippen LogP contribution in [0.15, 0.2) is 18.2 Å². The van der Waals surface area contributed by atoms with E-state index < -0.39 is 17.0 Å². The van der Waals surface area contributed by atoms with Crippen LogP contribution in [0.25, 0.3) is 0 Å². The molecule has 1 aliphatic heterocycles. The third-order valence-corrected chi connectivity index (χ3v) is 4.83. The number of amides is 1. The number of aliphatic hydroxyl groups is 1. The van der Waals surface area contributed by atoms with Gasteiger partial charge in [-0.15, -0.1) is 0 Å². The Balaban J connectivity index is 2.13. The summed E-state index contributed by atoms with van der Waals surface area (Å²) in [5, 5.41) is 10.1. The van der Waals surface area contributed by atoms with E-state index in [1.165, 1.54) is 11.0 Å². The van der Waals surface area contributed by atoms with Gasteiger partial charge in [-0.05, 0) is 58.6 Å². The van der Waals surface area contributed by atoms with Crippen molar-refractivity contribution in [1.29, 1.82) is 0 Å². The van der Waals surface area contributed by atoms with Gasteiger partial charge in [0.1, 0.15) is 5.82 Å². The first kappa shape index (κ1) is 18.0. The van der Waals surface area contributed by atoms with Gasteiger partial charge in [0.2, 0.25) is 5.91 Å². The van der Waals surface area contributed by atoms with E-state index in [1.54, 1.807) is 39.8 Å². The van der Waals surface area contributed by atoms with Crippen LogP contribution in [0.3, 0.4) is 0 Å². The number of carbonyl (C=O) groups excluding carboxylic acids is 1. The predicted octanol–water partition coefficient (Wildman–Crippen LogP) is 1.88. The Morgan fingerprint density at radius 1 is 1.35 bits per heavy atom. The van der Waals surface area contributed by atoms with E-state index in [2.05, 4.69) is 0 Å². The molecular formula is C17H25BFNO3. The highest BCUT2D eigenvalue weighted by atomic mass is 19.1. The van der Waals surface area contributed by atoms with Crippen LogP contribution >= 0.6 is 0 Å². The van der Waals surface area contributed by atoms with E-state index in [-0.39, 0.29) is 19.4 Å². The Kier molecular flexibility index (Phi) is 4.88. The first-order valence-corrected chi connectivity index (χ1v) is 8.00. The average Bonchev–Trinajstić information content (AvgIpc) is 2.75. The number of hydrogen-bond acceptors (Lipinski definition) is 3. The van der Waals surface area contributed by atoms with Gasteiger partial charge in [0, 0.05) is 12.5 Å². The molecule has 0 radical (unpaired) electrons. The van der Waals surface area contributed by atoms with Gasteiger partial charge in [-0.2, -0.15) is 0 Å². The molecule has 4 nitrogen and oxygen atoms in total. The second-order valence-electron chi connectivity index (χ2n) is 7.30. The third kappa shape index (κ3) is 3.75. The van der Waals surface area contributed by atoms with Crippen LogP contribution < -0.4 is 10.4 Å². The van der Waals surface area contributed by atoms with Crippen molar-refractivity contribution in [2.45, 2.75) is 64.7 Å². The van der Waals surface area contributed by atoms with Crippen LogP contribution in [-0.2, 0) is 9.45 Å². The fraction of sp³-hybridized carbons (Fsp3) is 0.588. The monoisotopic (exact) mass is 321 g/mol. The maximum atomic E-state index is 14.4. The molecule has 126 valence electrons. The van der Waals surface area contributed by atoms with Gasteiger partial charge in [-0.1, -0.05) is 6.07 Å². The lowest BCUT2D eigenvalue weighted by molar-refractivity contribution is -0.117. The molecule has 1 amide bonds. The van der Waals surface area contributed by atoms with Gasteiger partial charge in [-0.25, -0.2) is 4.39 Å². The van der Waals surface area contributed by atoms with Gasteiger partial charge in [0.05, 0.1) is 16.9 Å². The predicted molar refractivity (Wildman–Crippen MR) is 90.8 cm³/mol. The van der Waals surface area contributed by atoms with Crippen molar-refractivity contribution in [3.8, 4) is 0 Å². The topological polar surface area (TPSA) is 49.8 Å². The first-order valence-electron chi connectivity index (χ1n) is 8.00. The van der Waals surface area contributed by atoms with Crippen molar-refractivity contribution in [2.75, 3.05) is 4.90 Å². The van der Waals surface area contributed by atoms with Crippen LogP contribution in [0.4, 0.5) is 10.1 Å². The number of carbonyl (C=O) groups is 1. The molecule has 23 heavy (non-hydrogen) atoms. The molecule has 0 bridgehead atoms. The zero-order valence-electron chi connectivity index (χ0n) is 14.5. The smallest absolute Gasteiger partial charge is 0.309 e. The maximum absolute atomic E-state index is 14.4. The summed E-state index contributed by atoms with van der Waals surface area (Å²) in [6, 6.07) is 4.81. The van der Waals surface area contributed by atoms with E-state index in [0.717, 1.165) is 6.42 Å². The van der Waals surface area contributed by atoms with Crippen molar-refractivity contribution in [3.63, 3.8) is 0 Å². The van der Waals surface area contributed by atoms with E-state index in [1.807, 2.05) is 6.92 Å². The summed E-state index contributed by atoms with van der Waals surface area (Å²) >= 11 is 0. The largest absolute Gasteiger partial charge is 0.427 e. The summed E-state index contributed by atoms with van der Waals surface area (Å²) in [5.41, 5.74) is -0.779. The highest BCUT2D eigenvalue weighted by Gasteiger charge is 2.36.